The van der Waals surface area contributed by atoms with Gasteiger partial charge in [0.25, 0.3) is 11.8 Å². The minimum Gasteiger partial charge on any atom is -0.465 e. The number of thiocarbonyl (C=S) groups is 1. The SMILES string of the molecule is CCCC(=O)Nc1ccc(C(=O)NNC(=S)NC(=O)c2ccc(C(=O)OC)cc2)cc1. The second-order valence-electron chi connectivity index (χ2n) is 6.31. The van der Waals surface area contributed by atoms with Crippen LogP contribution in [0.15, 0.2) is 48.5 Å². The summed E-state index contributed by atoms with van der Waals surface area (Å²) in [5.74, 6) is -1.61. The number of amides is 3. The molecule has 0 fully saturated rings. The Kier molecular flexibility index (Phi) is 8.64. The van der Waals surface area contributed by atoms with Crippen molar-refractivity contribution in [1.29, 1.82) is 0 Å². The summed E-state index contributed by atoms with van der Waals surface area (Å²) in [5, 5.41) is 5.03. The first kappa shape index (κ1) is 23.5. The topological polar surface area (TPSA) is 126 Å². The molecule has 31 heavy (non-hydrogen) atoms. The van der Waals surface area contributed by atoms with Gasteiger partial charge in [0, 0.05) is 23.2 Å². The van der Waals surface area contributed by atoms with Gasteiger partial charge in [-0.1, -0.05) is 6.92 Å². The normalized spacial score (nSPS) is 9.87. The number of hydrazine groups is 1. The van der Waals surface area contributed by atoms with Crippen LogP contribution in [0.25, 0.3) is 0 Å². The third-order valence-electron chi connectivity index (χ3n) is 3.99. The number of methoxy groups -OCH3 is 1. The maximum Gasteiger partial charge on any atom is 0.337 e. The zero-order chi connectivity index (χ0) is 22.8. The lowest BCUT2D eigenvalue weighted by Crippen LogP contribution is -2.48. The largest absolute Gasteiger partial charge is 0.465 e. The lowest BCUT2D eigenvalue weighted by molar-refractivity contribution is -0.116. The van der Waals surface area contributed by atoms with Crippen molar-refractivity contribution in [3.05, 3.63) is 65.2 Å². The van der Waals surface area contributed by atoms with Crippen LogP contribution in [0.1, 0.15) is 50.8 Å². The van der Waals surface area contributed by atoms with Crippen molar-refractivity contribution < 1.29 is 23.9 Å². The number of ether oxygens (including phenoxy) is 1. The first-order valence-electron chi connectivity index (χ1n) is 9.34. The van der Waals surface area contributed by atoms with Crippen LogP contribution in [0.4, 0.5) is 5.69 Å². The molecule has 162 valence electrons. The Balaban J connectivity index is 1.83. The van der Waals surface area contributed by atoms with E-state index >= 15 is 0 Å². The van der Waals surface area contributed by atoms with Gasteiger partial charge in [-0.05, 0) is 67.2 Å². The Labute approximate surface area is 184 Å². The number of anilines is 1. The summed E-state index contributed by atoms with van der Waals surface area (Å²) in [7, 11) is 1.27. The van der Waals surface area contributed by atoms with Gasteiger partial charge < -0.3 is 10.1 Å². The summed E-state index contributed by atoms with van der Waals surface area (Å²) in [6, 6.07) is 12.1. The highest BCUT2D eigenvalue weighted by Crippen LogP contribution is 2.10. The maximum absolute atomic E-state index is 12.2. The van der Waals surface area contributed by atoms with Crippen molar-refractivity contribution in [3.63, 3.8) is 0 Å². The monoisotopic (exact) mass is 442 g/mol. The van der Waals surface area contributed by atoms with Crippen molar-refractivity contribution in [3.8, 4) is 0 Å². The summed E-state index contributed by atoms with van der Waals surface area (Å²) in [6.07, 6.45) is 1.16. The van der Waals surface area contributed by atoms with Crippen molar-refractivity contribution in [1.82, 2.24) is 16.2 Å². The minimum absolute atomic E-state index is 0.0950. The van der Waals surface area contributed by atoms with Crippen molar-refractivity contribution in [2.24, 2.45) is 0 Å². The van der Waals surface area contributed by atoms with Crippen LogP contribution in [0, 0.1) is 0 Å². The summed E-state index contributed by atoms with van der Waals surface area (Å²) in [6.45, 7) is 1.91. The number of hydrogen-bond acceptors (Lipinski definition) is 6. The van der Waals surface area contributed by atoms with Crippen molar-refractivity contribution in [2.75, 3.05) is 12.4 Å². The third-order valence-corrected chi connectivity index (χ3v) is 4.20. The van der Waals surface area contributed by atoms with E-state index in [4.69, 9.17) is 12.2 Å². The molecule has 0 heterocycles. The highest BCUT2D eigenvalue weighted by Gasteiger charge is 2.11. The first-order valence-corrected chi connectivity index (χ1v) is 9.74. The first-order chi connectivity index (χ1) is 14.8. The van der Waals surface area contributed by atoms with Crippen LogP contribution < -0.4 is 21.5 Å². The molecule has 0 saturated carbocycles. The van der Waals surface area contributed by atoms with E-state index in [1.54, 1.807) is 24.3 Å². The predicted octanol–water partition coefficient (Wildman–Crippen LogP) is 2.16. The third kappa shape index (κ3) is 7.19. The number of esters is 1. The maximum atomic E-state index is 12.2. The molecule has 0 spiro atoms. The van der Waals surface area contributed by atoms with Crippen LogP contribution >= 0.6 is 12.2 Å². The van der Waals surface area contributed by atoms with E-state index in [9.17, 15) is 19.2 Å². The van der Waals surface area contributed by atoms with Gasteiger partial charge in [0.1, 0.15) is 0 Å². The average molecular weight is 442 g/mol. The molecule has 0 saturated heterocycles. The summed E-state index contributed by atoms with van der Waals surface area (Å²) in [4.78, 5) is 47.4. The van der Waals surface area contributed by atoms with Gasteiger partial charge in [0.05, 0.1) is 12.7 Å². The van der Waals surface area contributed by atoms with E-state index in [1.165, 1.54) is 31.4 Å². The highest BCUT2D eigenvalue weighted by atomic mass is 32.1. The van der Waals surface area contributed by atoms with Gasteiger partial charge in [-0.3, -0.25) is 30.6 Å². The summed E-state index contributed by atoms with van der Waals surface area (Å²) in [5.41, 5.74) is 6.30. The molecule has 0 aromatic heterocycles. The molecule has 9 nitrogen and oxygen atoms in total. The van der Waals surface area contributed by atoms with Crippen molar-refractivity contribution >= 4 is 46.7 Å². The number of nitrogens with one attached hydrogen (secondary N) is 4. The van der Waals surface area contributed by atoms with Gasteiger partial charge in [-0.2, -0.15) is 0 Å². The molecule has 10 heteroatoms. The molecule has 0 radical (unpaired) electrons. The molecule has 0 aliphatic heterocycles. The number of hydrogen-bond donors (Lipinski definition) is 4. The van der Waals surface area contributed by atoms with Crippen LogP contribution in [0.3, 0.4) is 0 Å². The number of carbonyl (C=O) groups excluding carboxylic acids is 4. The highest BCUT2D eigenvalue weighted by molar-refractivity contribution is 7.80. The molecule has 0 aliphatic rings. The molecule has 2 aromatic rings. The molecule has 4 N–H and O–H groups in total. The molecular formula is C21H22N4O5S. The van der Waals surface area contributed by atoms with Crippen LogP contribution in [-0.2, 0) is 9.53 Å². The number of carbonyl (C=O) groups is 4. The van der Waals surface area contributed by atoms with Crippen LogP contribution in [0.2, 0.25) is 0 Å². The summed E-state index contributed by atoms with van der Waals surface area (Å²) >= 11 is 5.00. The second-order valence-corrected chi connectivity index (χ2v) is 6.72. The summed E-state index contributed by atoms with van der Waals surface area (Å²) < 4.78 is 4.60. The zero-order valence-electron chi connectivity index (χ0n) is 17.0. The fourth-order valence-corrected chi connectivity index (χ4v) is 2.57. The van der Waals surface area contributed by atoms with Gasteiger partial charge >= 0.3 is 5.97 Å². The van der Waals surface area contributed by atoms with E-state index in [0.29, 0.717) is 23.2 Å². The fourth-order valence-electron chi connectivity index (χ4n) is 2.42. The molecule has 2 rings (SSSR count). The quantitative estimate of drug-likeness (QED) is 0.307. The molecule has 0 aliphatic carbocycles. The lowest BCUT2D eigenvalue weighted by atomic mass is 10.1. The smallest absolute Gasteiger partial charge is 0.337 e. The average Bonchev–Trinajstić information content (AvgIpc) is 2.77. The molecule has 0 bridgehead atoms. The van der Waals surface area contributed by atoms with Gasteiger partial charge in [0.2, 0.25) is 5.91 Å². The number of rotatable bonds is 6. The molecule has 0 atom stereocenters. The molecule has 2 aromatic carbocycles. The Hall–Kier alpha value is -3.79. The van der Waals surface area contributed by atoms with Crippen LogP contribution in [-0.4, -0.2) is 35.9 Å². The van der Waals surface area contributed by atoms with E-state index in [1.807, 2.05) is 6.92 Å². The standard InChI is InChI=1S/C21H22N4O5S/c1-3-4-17(26)22-16-11-9-14(10-12-16)19(28)24-25-21(31)23-18(27)13-5-7-15(8-6-13)20(29)30-2/h5-12H,3-4H2,1-2H3,(H,22,26)(H,24,28)(H2,23,25,27,31). The van der Waals surface area contributed by atoms with E-state index in [2.05, 4.69) is 26.2 Å². The van der Waals surface area contributed by atoms with E-state index in [-0.39, 0.29) is 16.6 Å². The van der Waals surface area contributed by atoms with Gasteiger partial charge in [-0.25, -0.2) is 4.79 Å². The van der Waals surface area contributed by atoms with Gasteiger partial charge in [0.15, 0.2) is 5.11 Å². The van der Waals surface area contributed by atoms with Gasteiger partial charge in [-0.15, -0.1) is 0 Å². The molecule has 3 amide bonds. The Morgan fingerprint density at radius 2 is 1.39 bits per heavy atom. The van der Waals surface area contributed by atoms with Crippen molar-refractivity contribution in [2.45, 2.75) is 19.8 Å². The van der Waals surface area contributed by atoms with E-state index < -0.39 is 17.8 Å². The lowest BCUT2D eigenvalue weighted by Gasteiger charge is -2.11. The molecular weight excluding hydrogens is 420 g/mol. The Morgan fingerprint density at radius 3 is 1.97 bits per heavy atom. The predicted molar refractivity (Wildman–Crippen MR) is 118 cm³/mol. The Bertz CT molecular complexity index is 974. The number of benzene rings is 2. The fraction of sp³-hybridized carbons (Fsp3) is 0.190. The second kappa shape index (κ2) is 11.4. The van der Waals surface area contributed by atoms with Crippen LogP contribution in [0.5, 0.6) is 0 Å². The van der Waals surface area contributed by atoms with E-state index in [0.717, 1.165) is 6.42 Å². The minimum atomic E-state index is -0.518. The Morgan fingerprint density at radius 1 is 0.839 bits per heavy atom. The molecule has 0 unspecified atom stereocenters. The zero-order valence-corrected chi connectivity index (χ0v) is 17.8.